The van der Waals surface area contributed by atoms with Gasteiger partial charge in [0.05, 0.1) is 18.1 Å². The quantitative estimate of drug-likeness (QED) is 0.763. The molecule has 1 aliphatic heterocycles. The van der Waals surface area contributed by atoms with Crippen LogP contribution in [-0.2, 0) is 11.2 Å². The first-order valence-corrected chi connectivity index (χ1v) is 5.79. The number of hydrogen-bond donors (Lipinski definition) is 0. The molecular weight excluding hydrogens is 194 g/mol. The summed E-state index contributed by atoms with van der Waals surface area (Å²) in [5.74, 6) is 0. The molecular formula is C11H13NOS. The van der Waals surface area contributed by atoms with E-state index in [0.717, 1.165) is 25.9 Å². The molecule has 0 aliphatic carbocycles. The Labute approximate surface area is 88.1 Å². The minimum Gasteiger partial charge on any atom is -0.380 e. The van der Waals surface area contributed by atoms with E-state index in [1.807, 2.05) is 0 Å². The largest absolute Gasteiger partial charge is 0.380 e. The van der Waals surface area contributed by atoms with E-state index >= 15 is 0 Å². The lowest BCUT2D eigenvalue weighted by Crippen LogP contribution is -2.19. The van der Waals surface area contributed by atoms with Crippen molar-refractivity contribution in [1.82, 2.24) is 0 Å². The van der Waals surface area contributed by atoms with Crippen LogP contribution in [0.5, 0.6) is 0 Å². The standard InChI is InChI=1S/C11H13NOS/c12-8-11(4-5-13-9-11)3-1-10-2-6-14-7-10/h2,6-7H,1,3-5,9H2. The van der Waals surface area contributed by atoms with E-state index in [1.165, 1.54) is 5.56 Å². The molecule has 1 fully saturated rings. The molecule has 0 radical (unpaired) electrons. The van der Waals surface area contributed by atoms with Gasteiger partial charge in [0, 0.05) is 6.61 Å². The molecule has 0 N–H and O–H groups in total. The number of nitriles is 1. The number of ether oxygens (including phenoxy) is 1. The summed E-state index contributed by atoms with van der Waals surface area (Å²) >= 11 is 1.71. The molecule has 1 aromatic heterocycles. The fourth-order valence-corrected chi connectivity index (χ4v) is 2.47. The first-order valence-electron chi connectivity index (χ1n) is 4.85. The third-order valence-electron chi connectivity index (χ3n) is 2.81. The van der Waals surface area contributed by atoms with Crippen LogP contribution in [0.1, 0.15) is 18.4 Å². The van der Waals surface area contributed by atoms with E-state index in [-0.39, 0.29) is 5.41 Å². The molecule has 1 saturated heterocycles. The Morgan fingerprint density at radius 1 is 1.64 bits per heavy atom. The van der Waals surface area contributed by atoms with Gasteiger partial charge < -0.3 is 4.74 Å². The average Bonchev–Trinajstić information content (AvgIpc) is 2.87. The summed E-state index contributed by atoms with van der Waals surface area (Å²) in [6.07, 6.45) is 2.83. The van der Waals surface area contributed by atoms with Crippen LogP contribution in [0.15, 0.2) is 16.8 Å². The van der Waals surface area contributed by atoms with Crippen molar-refractivity contribution >= 4 is 11.3 Å². The molecule has 0 aromatic carbocycles. The highest BCUT2D eigenvalue weighted by Crippen LogP contribution is 2.32. The summed E-state index contributed by atoms with van der Waals surface area (Å²) in [6.45, 7) is 1.37. The molecule has 0 saturated carbocycles. The molecule has 0 bridgehead atoms. The van der Waals surface area contributed by atoms with Crippen LogP contribution >= 0.6 is 11.3 Å². The van der Waals surface area contributed by atoms with E-state index in [1.54, 1.807) is 11.3 Å². The summed E-state index contributed by atoms with van der Waals surface area (Å²) in [5.41, 5.74) is 1.14. The Balaban J connectivity index is 1.93. The lowest BCUT2D eigenvalue weighted by molar-refractivity contribution is 0.169. The van der Waals surface area contributed by atoms with Gasteiger partial charge in [-0.2, -0.15) is 16.6 Å². The minimum atomic E-state index is -0.206. The smallest absolute Gasteiger partial charge is 0.0831 e. The summed E-state index contributed by atoms with van der Waals surface area (Å²) in [5, 5.41) is 13.4. The maximum atomic E-state index is 9.12. The number of hydrogen-bond acceptors (Lipinski definition) is 3. The first-order chi connectivity index (χ1) is 6.85. The molecule has 0 amide bonds. The van der Waals surface area contributed by atoms with Crippen molar-refractivity contribution in [2.75, 3.05) is 13.2 Å². The molecule has 74 valence electrons. The zero-order valence-corrected chi connectivity index (χ0v) is 8.85. The van der Waals surface area contributed by atoms with Gasteiger partial charge in [0.15, 0.2) is 0 Å². The van der Waals surface area contributed by atoms with Gasteiger partial charge >= 0.3 is 0 Å². The molecule has 0 spiro atoms. The third kappa shape index (κ3) is 1.97. The van der Waals surface area contributed by atoms with Crippen LogP contribution in [0.3, 0.4) is 0 Å². The Bertz CT molecular complexity index is 320. The van der Waals surface area contributed by atoms with Crippen molar-refractivity contribution in [3.63, 3.8) is 0 Å². The molecule has 3 heteroatoms. The van der Waals surface area contributed by atoms with E-state index < -0.39 is 0 Å². The fourth-order valence-electron chi connectivity index (χ4n) is 1.77. The molecule has 1 atom stereocenters. The molecule has 1 unspecified atom stereocenters. The molecule has 1 aromatic rings. The number of rotatable bonds is 3. The lowest BCUT2D eigenvalue weighted by Gasteiger charge is -2.17. The predicted molar refractivity (Wildman–Crippen MR) is 56.1 cm³/mol. The summed E-state index contributed by atoms with van der Waals surface area (Å²) in [7, 11) is 0. The van der Waals surface area contributed by atoms with Crippen LogP contribution in [0.2, 0.25) is 0 Å². The van der Waals surface area contributed by atoms with Gasteiger partial charge in [-0.3, -0.25) is 0 Å². The van der Waals surface area contributed by atoms with Crippen LogP contribution in [0.25, 0.3) is 0 Å². The monoisotopic (exact) mass is 207 g/mol. The number of thiophene rings is 1. The van der Waals surface area contributed by atoms with Gasteiger partial charge in [-0.25, -0.2) is 0 Å². The highest BCUT2D eigenvalue weighted by Gasteiger charge is 2.34. The van der Waals surface area contributed by atoms with Gasteiger partial charge in [-0.1, -0.05) is 0 Å². The number of nitrogens with zero attached hydrogens (tertiary/aromatic N) is 1. The van der Waals surface area contributed by atoms with E-state index in [4.69, 9.17) is 10.00 Å². The molecule has 1 aliphatic rings. The van der Waals surface area contributed by atoms with Gasteiger partial charge in [0.1, 0.15) is 0 Å². The molecule has 2 rings (SSSR count). The molecule has 2 heterocycles. The predicted octanol–water partition coefficient (Wildman–Crippen LogP) is 2.61. The topological polar surface area (TPSA) is 33.0 Å². The minimum absolute atomic E-state index is 0.206. The number of aryl methyl sites for hydroxylation is 1. The van der Waals surface area contributed by atoms with Crippen molar-refractivity contribution in [2.45, 2.75) is 19.3 Å². The van der Waals surface area contributed by atoms with E-state index in [0.29, 0.717) is 6.61 Å². The molecule has 14 heavy (non-hydrogen) atoms. The third-order valence-corrected chi connectivity index (χ3v) is 3.54. The van der Waals surface area contributed by atoms with Crippen LogP contribution in [0.4, 0.5) is 0 Å². The van der Waals surface area contributed by atoms with E-state index in [2.05, 4.69) is 22.9 Å². The Morgan fingerprint density at radius 2 is 2.57 bits per heavy atom. The second-order valence-corrected chi connectivity index (χ2v) is 4.61. The maximum absolute atomic E-state index is 9.12. The zero-order valence-electron chi connectivity index (χ0n) is 8.03. The molecule has 2 nitrogen and oxygen atoms in total. The van der Waals surface area contributed by atoms with E-state index in [9.17, 15) is 0 Å². The Hall–Kier alpha value is -0.850. The normalized spacial score (nSPS) is 26.2. The van der Waals surface area contributed by atoms with Crippen molar-refractivity contribution in [3.8, 4) is 6.07 Å². The van der Waals surface area contributed by atoms with Gasteiger partial charge in [-0.05, 0) is 41.7 Å². The van der Waals surface area contributed by atoms with Gasteiger partial charge in [-0.15, -0.1) is 0 Å². The fraction of sp³-hybridized carbons (Fsp3) is 0.545. The second-order valence-electron chi connectivity index (χ2n) is 3.83. The highest BCUT2D eigenvalue weighted by molar-refractivity contribution is 7.07. The second kappa shape index (κ2) is 4.12. The van der Waals surface area contributed by atoms with Crippen molar-refractivity contribution in [3.05, 3.63) is 22.4 Å². The van der Waals surface area contributed by atoms with Crippen LogP contribution < -0.4 is 0 Å². The zero-order chi connectivity index (χ0) is 9.86. The Kier molecular flexibility index (Phi) is 2.85. The highest BCUT2D eigenvalue weighted by atomic mass is 32.1. The SMILES string of the molecule is N#CC1(CCc2ccsc2)CCOC1. The Morgan fingerprint density at radius 3 is 3.14 bits per heavy atom. The van der Waals surface area contributed by atoms with Crippen LogP contribution in [-0.4, -0.2) is 13.2 Å². The van der Waals surface area contributed by atoms with Gasteiger partial charge in [0.25, 0.3) is 0 Å². The summed E-state index contributed by atoms with van der Waals surface area (Å²) in [6, 6.07) is 4.55. The lowest BCUT2D eigenvalue weighted by atomic mass is 9.83. The average molecular weight is 207 g/mol. The van der Waals surface area contributed by atoms with Crippen molar-refractivity contribution in [2.24, 2.45) is 5.41 Å². The van der Waals surface area contributed by atoms with Crippen molar-refractivity contribution < 1.29 is 4.74 Å². The first kappa shape index (κ1) is 9.70. The van der Waals surface area contributed by atoms with Crippen molar-refractivity contribution in [1.29, 1.82) is 5.26 Å². The summed E-state index contributed by atoms with van der Waals surface area (Å²) in [4.78, 5) is 0. The van der Waals surface area contributed by atoms with Gasteiger partial charge in [0.2, 0.25) is 0 Å². The maximum Gasteiger partial charge on any atom is 0.0831 e. The van der Waals surface area contributed by atoms with Crippen LogP contribution in [0, 0.1) is 16.7 Å². The summed E-state index contributed by atoms with van der Waals surface area (Å²) < 4.78 is 5.30.